The Morgan fingerprint density at radius 1 is 0.960 bits per heavy atom. The lowest BCUT2D eigenvalue weighted by Gasteiger charge is -2.08. The van der Waals surface area contributed by atoms with Gasteiger partial charge in [0.05, 0.1) is 11.6 Å². The monoisotopic (exact) mass is 329 g/mol. The van der Waals surface area contributed by atoms with Crippen LogP contribution in [0.4, 0.5) is 5.69 Å². The number of amides is 1. The highest BCUT2D eigenvalue weighted by molar-refractivity contribution is 6.04. The number of carbonyl (C=O) groups excluding carboxylic acids is 1. The first kappa shape index (κ1) is 16.2. The summed E-state index contributed by atoms with van der Waals surface area (Å²) in [6, 6.07) is 19.0. The molecule has 1 amide bonds. The van der Waals surface area contributed by atoms with Gasteiger partial charge in [-0.2, -0.15) is 5.26 Å². The fourth-order valence-corrected chi connectivity index (χ4v) is 2.35. The van der Waals surface area contributed by atoms with E-state index in [9.17, 15) is 9.59 Å². The Morgan fingerprint density at radius 3 is 2.20 bits per heavy atom. The molecule has 1 heterocycles. The normalized spacial score (nSPS) is 10.0. The first-order valence-corrected chi connectivity index (χ1v) is 7.70. The third kappa shape index (κ3) is 4.21. The zero-order valence-electron chi connectivity index (χ0n) is 13.3. The van der Waals surface area contributed by atoms with Gasteiger partial charge in [0.1, 0.15) is 0 Å². The van der Waals surface area contributed by atoms with Crippen molar-refractivity contribution in [2.75, 3.05) is 5.32 Å². The second-order valence-electron chi connectivity index (χ2n) is 5.55. The summed E-state index contributed by atoms with van der Waals surface area (Å²) in [6.07, 6.45) is 3.46. The zero-order valence-corrected chi connectivity index (χ0v) is 13.3. The van der Waals surface area contributed by atoms with Crippen LogP contribution in [0, 0.1) is 11.3 Å². The Labute approximate surface area is 144 Å². The van der Waals surface area contributed by atoms with E-state index >= 15 is 0 Å². The molecule has 0 unspecified atom stereocenters. The lowest BCUT2D eigenvalue weighted by atomic mass is 10.1. The smallest absolute Gasteiger partial charge is 0.255 e. The van der Waals surface area contributed by atoms with E-state index in [0.717, 1.165) is 5.56 Å². The first-order valence-electron chi connectivity index (χ1n) is 7.70. The van der Waals surface area contributed by atoms with Crippen molar-refractivity contribution in [3.8, 4) is 6.07 Å². The fourth-order valence-electron chi connectivity index (χ4n) is 2.35. The van der Waals surface area contributed by atoms with Gasteiger partial charge in [0, 0.05) is 42.3 Å². The first-order chi connectivity index (χ1) is 12.1. The summed E-state index contributed by atoms with van der Waals surface area (Å²) in [7, 11) is 0. The van der Waals surface area contributed by atoms with E-state index in [-0.39, 0.29) is 11.3 Å². The Balaban J connectivity index is 1.66. The van der Waals surface area contributed by atoms with E-state index in [1.807, 2.05) is 22.8 Å². The van der Waals surface area contributed by atoms with E-state index in [2.05, 4.69) is 5.32 Å². The summed E-state index contributed by atoms with van der Waals surface area (Å²) in [5.41, 5.74) is 2.74. The minimum atomic E-state index is -0.209. The van der Waals surface area contributed by atoms with Crippen LogP contribution in [0.1, 0.15) is 21.5 Å². The van der Waals surface area contributed by atoms with Gasteiger partial charge in [0.25, 0.3) is 5.91 Å². The van der Waals surface area contributed by atoms with Crippen molar-refractivity contribution < 1.29 is 4.79 Å². The average Bonchev–Trinajstić information content (AvgIpc) is 2.65. The zero-order chi connectivity index (χ0) is 17.6. The van der Waals surface area contributed by atoms with Crippen molar-refractivity contribution in [3.05, 3.63) is 100.0 Å². The Hall–Kier alpha value is -3.65. The van der Waals surface area contributed by atoms with E-state index in [4.69, 9.17) is 5.26 Å². The number of hydrogen-bond acceptors (Lipinski definition) is 3. The molecule has 1 aromatic heterocycles. The van der Waals surface area contributed by atoms with Crippen LogP contribution in [0.5, 0.6) is 0 Å². The molecule has 0 aliphatic heterocycles. The molecule has 0 aliphatic rings. The van der Waals surface area contributed by atoms with E-state index in [0.29, 0.717) is 23.4 Å². The molecule has 25 heavy (non-hydrogen) atoms. The number of nitrogens with one attached hydrogen (secondary N) is 1. The third-order valence-electron chi connectivity index (χ3n) is 3.71. The molecular formula is C20H15N3O2. The Morgan fingerprint density at radius 2 is 1.60 bits per heavy atom. The Kier molecular flexibility index (Phi) is 4.72. The maximum Gasteiger partial charge on any atom is 0.255 e. The van der Waals surface area contributed by atoms with Crippen LogP contribution in [-0.2, 0) is 6.54 Å². The highest BCUT2D eigenvalue weighted by Crippen LogP contribution is 2.12. The number of hydrogen-bond donors (Lipinski definition) is 1. The van der Waals surface area contributed by atoms with E-state index < -0.39 is 0 Å². The van der Waals surface area contributed by atoms with Gasteiger partial charge in [0.2, 0.25) is 0 Å². The number of benzene rings is 2. The molecule has 2 aromatic carbocycles. The van der Waals surface area contributed by atoms with Gasteiger partial charge in [-0.3, -0.25) is 9.59 Å². The summed E-state index contributed by atoms with van der Waals surface area (Å²) < 4.78 is 1.90. The number of aromatic nitrogens is 1. The van der Waals surface area contributed by atoms with Gasteiger partial charge in [-0.05, 0) is 42.0 Å². The molecule has 0 fully saturated rings. The van der Waals surface area contributed by atoms with Crippen molar-refractivity contribution in [1.82, 2.24) is 4.57 Å². The number of rotatable bonds is 4. The highest BCUT2D eigenvalue weighted by atomic mass is 16.1. The average molecular weight is 329 g/mol. The van der Waals surface area contributed by atoms with Crippen molar-refractivity contribution >= 4 is 11.6 Å². The molecule has 3 aromatic rings. The Bertz CT molecular complexity index is 961. The molecular weight excluding hydrogens is 314 g/mol. The summed E-state index contributed by atoms with van der Waals surface area (Å²) >= 11 is 0. The fraction of sp³-hybridized carbons (Fsp3) is 0.0500. The lowest BCUT2D eigenvalue weighted by molar-refractivity contribution is 0.102. The second-order valence-corrected chi connectivity index (χ2v) is 5.55. The maximum atomic E-state index is 12.3. The van der Waals surface area contributed by atoms with Crippen LogP contribution in [0.25, 0.3) is 0 Å². The predicted molar refractivity (Wildman–Crippen MR) is 95.4 cm³/mol. The van der Waals surface area contributed by atoms with Gasteiger partial charge >= 0.3 is 0 Å². The molecule has 5 nitrogen and oxygen atoms in total. The molecule has 0 saturated carbocycles. The van der Waals surface area contributed by atoms with Gasteiger partial charge in [-0.25, -0.2) is 0 Å². The van der Waals surface area contributed by atoms with Gasteiger partial charge in [0.15, 0.2) is 5.43 Å². The quantitative estimate of drug-likeness (QED) is 0.799. The highest BCUT2D eigenvalue weighted by Gasteiger charge is 2.06. The number of nitriles is 1. The van der Waals surface area contributed by atoms with Gasteiger partial charge in [-0.1, -0.05) is 12.1 Å². The second kappa shape index (κ2) is 7.28. The van der Waals surface area contributed by atoms with E-state index in [1.54, 1.807) is 48.8 Å². The standard InChI is InChI=1S/C20H15N3O2/c21-13-15-3-7-18(8-4-15)22-20(25)17-5-1-16(2-6-17)14-23-11-9-19(24)10-12-23/h1-12H,14H2,(H,22,25). The number of carbonyl (C=O) groups is 1. The van der Waals surface area contributed by atoms with Crippen molar-refractivity contribution in [1.29, 1.82) is 5.26 Å². The van der Waals surface area contributed by atoms with Crippen molar-refractivity contribution in [2.45, 2.75) is 6.54 Å². The molecule has 0 saturated heterocycles. The molecule has 5 heteroatoms. The summed E-state index contributed by atoms with van der Waals surface area (Å²) in [4.78, 5) is 23.4. The van der Waals surface area contributed by atoms with Crippen LogP contribution < -0.4 is 10.7 Å². The SMILES string of the molecule is N#Cc1ccc(NC(=O)c2ccc(Cn3ccc(=O)cc3)cc2)cc1. The molecule has 1 N–H and O–H groups in total. The summed E-state index contributed by atoms with van der Waals surface area (Å²) in [6.45, 7) is 0.623. The maximum absolute atomic E-state index is 12.3. The summed E-state index contributed by atoms with van der Waals surface area (Å²) in [5.74, 6) is -0.209. The van der Waals surface area contributed by atoms with Crippen LogP contribution in [0.15, 0.2) is 77.9 Å². The third-order valence-corrected chi connectivity index (χ3v) is 3.71. The van der Waals surface area contributed by atoms with Crippen LogP contribution in [0.3, 0.4) is 0 Å². The van der Waals surface area contributed by atoms with Gasteiger partial charge < -0.3 is 9.88 Å². The molecule has 3 rings (SSSR count). The number of nitrogens with zero attached hydrogens (tertiary/aromatic N) is 2. The van der Waals surface area contributed by atoms with E-state index in [1.165, 1.54) is 12.1 Å². The number of pyridine rings is 1. The molecule has 0 atom stereocenters. The molecule has 0 spiro atoms. The largest absolute Gasteiger partial charge is 0.350 e. The minimum Gasteiger partial charge on any atom is -0.350 e. The topological polar surface area (TPSA) is 74.9 Å². The predicted octanol–water partition coefficient (Wildman–Crippen LogP) is 3.02. The molecule has 0 aliphatic carbocycles. The molecule has 0 bridgehead atoms. The van der Waals surface area contributed by atoms with Crippen molar-refractivity contribution in [3.63, 3.8) is 0 Å². The molecule has 0 radical (unpaired) electrons. The number of anilines is 1. The van der Waals surface area contributed by atoms with Crippen LogP contribution in [-0.4, -0.2) is 10.5 Å². The minimum absolute atomic E-state index is 0.0222. The molecule has 122 valence electrons. The van der Waals surface area contributed by atoms with Gasteiger partial charge in [-0.15, -0.1) is 0 Å². The van der Waals surface area contributed by atoms with Crippen LogP contribution in [0.2, 0.25) is 0 Å². The van der Waals surface area contributed by atoms with Crippen molar-refractivity contribution in [2.24, 2.45) is 0 Å². The summed E-state index contributed by atoms with van der Waals surface area (Å²) in [5, 5.41) is 11.6. The van der Waals surface area contributed by atoms with Crippen LogP contribution >= 0.6 is 0 Å². The lowest BCUT2D eigenvalue weighted by Crippen LogP contribution is -2.12.